The molecule has 4 unspecified atom stereocenters. The Morgan fingerprint density at radius 2 is 1.90 bits per heavy atom. The number of carbonyl (C=O) groups excluding carboxylic acids is 1. The summed E-state index contributed by atoms with van der Waals surface area (Å²) < 4.78 is 66.5. The Morgan fingerprint density at radius 3 is 2.63 bits per heavy atom. The van der Waals surface area contributed by atoms with Crippen LogP contribution in [0.15, 0.2) is 23.3 Å². The van der Waals surface area contributed by atoms with E-state index in [2.05, 4.69) is 41.0 Å². The monoisotopic (exact) mass is 796 g/mol. The summed E-state index contributed by atoms with van der Waals surface area (Å²) in [6.07, 6.45) is 10.2. The average molecular weight is 797 g/mol. The molecule has 1 aliphatic heterocycles. The Bertz CT molecular complexity index is 1700. The number of aromatic nitrogens is 4. The minimum absolute atomic E-state index is 0.0368. The molecule has 3 heterocycles. The van der Waals surface area contributed by atoms with Crippen molar-refractivity contribution >= 4 is 66.5 Å². The quantitative estimate of drug-likeness (QED) is 0.0589. The summed E-state index contributed by atoms with van der Waals surface area (Å²) in [4.78, 5) is 72.2. The van der Waals surface area contributed by atoms with Crippen molar-refractivity contribution in [2.75, 3.05) is 36.7 Å². The third-order valence-corrected chi connectivity index (χ3v) is 15.0. The van der Waals surface area contributed by atoms with E-state index >= 15 is 0 Å². The maximum absolute atomic E-state index is 12.5. The molecule has 0 saturated carbocycles. The lowest BCUT2D eigenvalue weighted by Crippen LogP contribution is -2.31. The number of hydrogen-bond donors (Lipinski definition) is 7. The van der Waals surface area contributed by atoms with Gasteiger partial charge in [-0.1, -0.05) is 22.9 Å². The highest BCUT2D eigenvalue weighted by atomic mass is 33.2. The molecule has 278 valence electrons. The summed E-state index contributed by atoms with van der Waals surface area (Å²) in [5.41, 5.74) is 5.13. The fourth-order valence-corrected chi connectivity index (χ4v) is 10.2. The number of amides is 1. The molecular formula is C23H39N6O15P3S2. The first-order valence-electron chi connectivity index (χ1n) is 14.5. The molecule has 49 heavy (non-hydrogen) atoms. The Hall–Kier alpha value is -1.81. The molecule has 0 aromatic carbocycles. The van der Waals surface area contributed by atoms with E-state index in [-0.39, 0.29) is 35.6 Å². The Morgan fingerprint density at radius 1 is 1.16 bits per heavy atom. The number of fused-ring (bicyclic) bond motifs is 1. The van der Waals surface area contributed by atoms with Gasteiger partial charge in [-0.15, -0.1) is 0 Å². The number of ether oxygens (including phenoxy) is 3. The topological polar surface area (TPSA) is 306 Å². The SMILES string of the molecule is CS(C)(CNC(=O)OC1CCC=CCCC1)SCOC1C[C@H](n2cnc3c(=O)[nH]c(N)nc32)O[C@@H]1COP(=O)(O)OP(=O)(O)OP(=O)(O)O. The first kappa shape index (κ1) is 40.0. The molecule has 6 atom stereocenters. The van der Waals surface area contributed by atoms with Crippen LogP contribution < -0.4 is 16.6 Å². The van der Waals surface area contributed by atoms with Gasteiger partial charge in [0.25, 0.3) is 5.56 Å². The lowest BCUT2D eigenvalue weighted by Gasteiger charge is -2.31. The predicted molar refractivity (Wildman–Crippen MR) is 178 cm³/mol. The zero-order valence-electron chi connectivity index (χ0n) is 26.3. The number of phosphoric ester groups is 1. The van der Waals surface area contributed by atoms with E-state index < -0.39 is 69.2 Å². The minimum atomic E-state index is -5.75. The van der Waals surface area contributed by atoms with Crippen molar-refractivity contribution in [3.8, 4) is 0 Å². The highest BCUT2D eigenvalue weighted by Crippen LogP contribution is 2.66. The van der Waals surface area contributed by atoms with E-state index in [1.165, 1.54) is 21.7 Å². The van der Waals surface area contributed by atoms with Gasteiger partial charge in [-0.05, 0) is 44.6 Å². The molecule has 1 amide bonds. The molecule has 2 aromatic heterocycles. The van der Waals surface area contributed by atoms with Gasteiger partial charge in [0.05, 0.1) is 24.9 Å². The number of carbonyl (C=O) groups is 1. The first-order chi connectivity index (χ1) is 22.8. The number of alkyl carbamates (subject to hydrolysis) is 1. The largest absolute Gasteiger partial charge is 0.490 e. The third kappa shape index (κ3) is 12.7. The van der Waals surface area contributed by atoms with Crippen molar-refractivity contribution in [3.63, 3.8) is 0 Å². The number of nitrogens with zero attached hydrogens (tertiary/aromatic N) is 3. The molecule has 21 nitrogen and oxygen atoms in total. The number of anilines is 1. The summed E-state index contributed by atoms with van der Waals surface area (Å²) in [5.74, 6) is 0.194. The maximum atomic E-state index is 12.5. The van der Waals surface area contributed by atoms with Gasteiger partial charge < -0.3 is 44.8 Å². The van der Waals surface area contributed by atoms with Crippen LogP contribution in [-0.2, 0) is 41.1 Å². The van der Waals surface area contributed by atoms with Gasteiger partial charge in [0.2, 0.25) is 5.95 Å². The standard InChI is InChI=1S/C23H39N6O15P3S2/c1-49(2,13-26-23(31)41-15-8-6-4-3-5-7-9-15)48-14-39-16-10-18(29-12-25-19-20(29)27-22(24)28-21(19)30)42-17(16)11-40-46(35,36)44-47(37,38)43-45(32,33)34/h3-4,12,15-18H,5-11,13-14H2,1-2H3,(H,26,31)(H,35,36)(H,37,38)(H2,32,33,34)(H3,24,27,28,30)/t15?,16?,17-,18-/m1/s1. The molecular weight excluding hydrogens is 757 g/mol. The van der Waals surface area contributed by atoms with Crippen LogP contribution in [0.2, 0.25) is 0 Å². The van der Waals surface area contributed by atoms with E-state index in [1.807, 2.05) is 12.5 Å². The summed E-state index contributed by atoms with van der Waals surface area (Å²) in [7, 11) is -16.9. The molecule has 4 rings (SSSR count). The van der Waals surface area contributed by atoms with Crippen molar-refractivity contribution in [3.05, 3.63) is 28.8 Å². The molecule has 0 radical (unpaired) electrons. The number of nitrogen functional groups attached to an aromatic ring is 1. The van der Waals surface area contributed by atoms with Crippen molar-refractivity contribution in [2.45, 2.75) is 63.1 Å². The fraction of sp³-hybridized carbons (Fsp3) is 0.652. The Balaban J connectivity index is 1.38. The van der Waals surface area contributed by atoms with E-state index in [9.17, 15) is 33.1 Å². The van der Waals surface area contributed by atoms with Crippen LogP contribution in [0, 0.1) is 0 Å². The average Bonchev–Trinajstić information content (AvgIpc) is 3.54. The van der Waals surface area contributed by atoms with Crippen LogP contribution in [0.1, 0.15) is 44.8 Å². The highest BCUT2D eigenvalue weighted by Gasteiger charge is 2.44. The minimum Gasteiger partial charge on any atom is -0.446 e. The van der Waals surface area contributed by atoms with Gasteiger partial charge in [0.15, 0.2) is 11.2 Å². The van der Waals surface area contributed by atoms with Crippen molar-refractivity contribution < 1.29 is 65.4 Å². The van der Waals surface area contributed by atoms with Gasteiger partial charge in [-0.25, -0.2) is 23.5 Å². The molecule has 26 heteroatoms. The number of imidazole rings is 1. The first-order valence-corrected chi connectivity index (χ1v) is 23.2. The number of H-pyrrole nitrogens is 1. The van der Waals surface area contributed by atoms with Crippen molar-refractivity contribution in [1.82, 2.24) is 24.8 Å². The van der Waals surface area contributed by atoms with Crippen LogP contribution in [0.5, 0.6) is 0 Å². The molecule has 0 spiro atoms. The van der Waals surface area contributed by atoms with Crippen LogP contribution in [0.25, 0.3) is 11.2 Å². The second-order valence-corrected chi connectivity index (χ2v) is 22.7. The Labute approximate surface area is 284 Å². The third-order valence-electron chi connectivity index (χ3n) is 6.97. The number of aromatic amines is 1. The van der Waals surface area contributed by atoms with Crippen LogP contribution in [0.3, 0.4) is 0 Å². The second kappa shape index (κ2) is 16.7. The molecule has 8 N–H and O–H groups in total. The number of rotatable bonds is 15. The molecule has 1 fully saturated rings. The molecule has 2 aliphatic rings. The van der Waals surface area contributed by atoms with Crippen molar-refractivity contribution in [2.24, 2.45) is 0 Å². The number of nitrogens with two attached hydrogens (primary N) is 1. The van der Waals surface area contributed by atoms with Crippen LogP contribution in [0.4, 0.5) is 10.7 Å². The van der Waals surface area contributed by atoms with Gasteiger partial charge in [0.1, 0.15) is 24.4 Å². The maximum Gasteiger partial charge on any atom is 0.490 e. The lowest BCUT2D eigenvalue weighted by molar-refractivity contribution is -0.0522. The number of hydrogen-bond acceptors (Lipinski definition) is 15. The van der Waals surface area contributed by atoms with E-state index in [1.54, 1.807) is 0 Å². The smallest absolute Gasteiger partial charge is 0.446 e. The summed E-state index contributed by atoms with van der Waals surface area (Å²) in [5, 5.41) is 2.82. The van der Waals surface area contributed by atoms with Crippen molar-refractivity contribution in [1.29, 1.82) is 0 Å². The van der Waals surface area contributed by atoms with Gasteiger partial charge >= 0.3 is 29.6 Å². The van der Waals surface area contributed by atoms with Crippen LogP contribution in [-0.4, -0.2) is 94.4 Å². The molecule has 0 bridgehead atoms. The van der Waals surface area contributed by atoms with E-state index in [4.69, 9.17) is 34.3 Å². The molecule has 2 aromatic rings. The van der Waals surface area contributed by atoms with Gasteiger partial charge in [0, 0.05) is 6.42 Å². The lowest BCUT2D eigenvalue weighted by atomic mass is 10.0. The highest BCUT2D eigenvalue weighted by molar-refractivity contribution is 8.93. The summed E-state index contributed by atoms with van der Waals surface area (Å²) >= 11 is 0. The zero-order valence-corrected chi connectivity index (χ0v) is 30.6. The second-order valence-electron chi connectivity index (χ2n) is 11.2. The van der Waals surface area contributed by atoms with Crippen LogP contribution >= 0.6 is 43.3 Å². The summed E-state index contributed by atoms with van der Waals surface area (Å²) in [6, 6.07) is 0. The summed E-state index contributed by atoms with van der Waals surface area (Å²) in [6.45, 7) is -0.779. The zero-order chi connectivity index (χ0) is 36.0. The van der Waals surface area contributed by atoms with E-state index in [0.717, 1.165) is 32.1 Å². The molecule has 1 aliphatic carbocycles. The Kier molecular flexibility index (Phi) is 13.6. The van der Waals surface area contributed by atoms with E-state index in [0.29, 0.717) is 5.88 Å². The number of nitrogens with one attached hydrogen (secondary N) is 2. The molecule has 1 saturated heterocycles. The number of allylic oxidation sites excluding steroid dienone is 2. The normalized spacial score (nSPS) is 24.9. The number of phosphoric acid groups is 3. The van der Waals surface area contributed by atoms with Gasteiger partial charge in [-0.2, -0.15) is 22.7 Å². The predicted octanol–water partition coefficient (Wildman–Crippen LogP) is 2.96. The van der Waals surface area contributed by atoms with Gasteiger partial charge in [-0.3, -0.25) is 18.9 Å². The fourth-order valence-electron chi connectivity index (χ4n) is 4.78.